The van der Waals surface area contributed by atoms with E-state index >= 15 is 0 Å². The van der Waals surface area contributed by atoms with Gasteiger partial charge in [-0.05, 0) is 51.8 Å². The van der Waals surface area contributed by atoms with Crippen molar-refractivity contribution in [3.05, 3.63) is 29.8 Å². The molecule has 1 aliphatic heterocycles. The quantitative estimate of drug-likeness (QED) is 0.870. The van der Waals surface area contributed by atoms with Gasteiger partial charge in [-0.2, -0.15) is 0 Å². The number of ether oxygens (including phenoxy) is 1. The van der Waals surface area contributed by atoms with E-state index in [-0.39, 0.29) is 12.1 Å². The van der Waals surface area contributed by atoms with Crippen molar-refractivity contribution in [1.82, 2.24) is 9.80 Å². The SMILES string of the molecule is C[C@@H]1CN(CCc2ccc(N)cc2)CCN1C(=O)OC(C)(C)C. The van der Waals surface area contributed by atoms with Crippen molar-refractivity contribution >= 4 is 11.8 Å². The van der Waals surface area contributed by atoms with Gasteiger partial charge in [0, 0.05) is 37.9 Å². The zero-order chi connectivity index (χ0) is 17.0. The number of piperazine rings is 1. The second kappa shape index (κ2) is 7.21. The van der Waals surface area contributed by atoms with Gasteiger partial charge in [-0.3, -0.25) is 4.90 Å². The Morgan fingerprint density at radius 1 is 1.26 bits per heavy atom. The summed E-state index contributed by atoms with van der Waals surface area (Å²) in [6.45, 7) is 11.3. The number of anilines is 1. The van der Waals surface area contributed by atoms with Gasteiger partial charge in [0.2, 0.25) is 0 Å². The Morgan fingerprint density at radius 2 is 1.91 bits per heavy atom. The van der Waals surface area contributed by atoms with Gasteiger partial charge in [0.15, 0.2) is 0 Å². The number of hydrogen-bond acceptors (Lipinski definition) is 4. The molecule has 0 aliphatic carbocycles. The number of benzene rings is 1. The predicted octanol–water partition coefficient (Wildman–Crippen LogP) is 2.75. The van der Waals surface area contributed by atoms with Crippen LogP contribution in [0.4, 0.5) is 10.5 Å². The molecule has 1 saturated heterocycles. The van der Waals surface area contributed by atoms with E-state index in [1.807, 2.05) is 37.8 Å². The second-order valence-electron chi connectivity index (χ2n) is 7.31. The maximum atomic E-state index is 12.2. The molecule has 1 aromatic carbocycles. The summed E-state index contributed by atoms with van der Waals surface area (Å²) in [6, 6.07) is 8.22. The number of nitrogens with zero attached hydrogens (tertiary/aromatic N) is 2. The molecule has 23 heavy (non-hydrogen) atoms. The summed E-state index contributed by atoms with van der Waals surface area (Å²) >= 11 is 0. The lowest BCUT2D eigenvalue weighted by molar-refractivity contribution is 0.00163. The molecule has 1 aliphatic rings. The zero-order valence-corrected chi connectivity index (χ0v) is 14.7. The van der Waals surface area contributed by atoms with Gasteiger partial charge < -0.3 is 15.4 Å². The van der Waals surface area contributed by atoms with Gasteiger partial charge in [-0.25, -0.2) is 4.79 Å². The van der Waals surface area contributed by atoms with Gasteiger partial charge in [-0.1, -0.05) is 12.1 Å². The van der Waals surface area contributed by atoms with Crippen LogP contribution in [0.1, 0.15) is 33.3 Å². The maximum absolute atomic E-state index is 12.2. The van der Waals surface area contributed by atoms with Crippen molar-refractivity contribution in [2.45, 2.75) is 45.8 Å². The minimum Gasteiger partial charge on any atom is -0.444 e. The topological polar surface area (TPSA) is 58.8 Å². The lowest BCUT2D eigenvalue weighted by Gasteiger charge is -2.40. The van der Waals surface area contributed by atoms with Crippen molar-refractivity contribution < 1.29 is 9.53 Å². The Labute approximate surface area is 139 Å². The van der Waals surface area contributed by atoms with Crippen LogP contribution in [0.5, 0.6) is 0 Å². The monoisotopic (exact) mass is 319 g/mol. The highest BCUT2D eigenvalue weighted by Gasteiger charge is 2.30. The lowest BCUT2D eigenvalue weighted by Crippen LogP contribution is -2.55. The highest BCUT2D eigenvalue weighted by molar-refractivity contribution is 5.68. The highest BCUT2D eigenvalue weighted by Crippen LogP contribution is 2.16. The molecule has 5 nitrogen and oxygen atoms in total. The van der Waals surface area contributed by atoms with Crippen LogP contribution in [0, 0.1) is 0 Å². The third kappa shape index (κ3) is 5.43. The summed E-state index contributed by atoms with van der Waals surface area (Å²) in [4.78, 5) is 16.5. The van der Waals surface area contributed by atoms with Crippen LogP contribution in [-0.4, -0.2) is 53.7 Å². The molecule has 1 aromatic rings. The van der Waals surface area contributed by atoms with E-state index in [0.29, 0.717) is 0 Å². The zero-order valence-electron chi connectivity index (χ0n) is 14.7. The van der Waals surface area contributed by atoms with Gasteiger partial charge >= 0.3 is 6.09 Å². The Hall–Kier alpha value is -1.75. The average molecular weight is 319 g/mol. The number of hydrogen-bond donors (Lipinski definition) is 1. The summed E-state index contributed by atoms with van der Waals surface area (Å²) in [7, 11) is 0. The smallest absolute Gasteiger partial charge is 0.410 e. The predicted molar refractivity (Wildman–Crippen MR) is 93.4 cm³/mol. The van der Waals surface area contributed by atoms with Gasteiger partial charge in [0.25, 0.3) is 0 Å². The molecule has 0 aromatic heterocycles. The number of carbonyl (C=O) groups excluding carboxylic acids is 1. The third-order valence-electron chi connectivity index (χ3n) is 4.04. The molecule has 2 rings (SSSR count). The molecule has 1 atom stereocenters. The largest absolute Gasteiger partial charge is 0.444 e. The summed E-state index contributed by atoms with van der Waals surface area (Å²) in [6.07, 6.45) is 0.794. The molecular formula is C18H29N3O2. The van der Waals surface area contributed by atoms with Gasteiger partial charge in [0.05, 0.1) is 0 Å². The van der Waals surface area contributed by atoms with E-state index in [2.05, 4.69) is 24.0 Å². The summed E-state index contributed by atoms with van der Waals surface area (Å²) in [5, 5.41) is 0. The Kier molecular flexibility index (Phi) is 5.52. The summed E-state index contributed by atoms with van der Waals surface area (Å²) in [5.74, 6) is 0. The number of nitrogen functional groups attached to an aromatic ring is 1. The molecule has 0 unspecified atom stereocenters. The first kappa shape index (κ1) is 17.6. The first-order valence-electron chi connectivity index (χ1n) is 8.31. The molecule has 0 spiro atoms. The third-order valence-corrected chi connectivity index (χ3v) is 4.04. The van der Waals surface area contributed by atoms with Crippen LogP contribution in [0.2, 0.25) is 0 Å². The second-order valence-corrected chi connectivity index (χ2v) is 7.31. The van der Waals surface area contributed by atoms with Crippen molar-refractivity contribution in [2.24, 2.45) is 0 Å². The Morgan fingerprint density at radius 3 is 2.48 bits per heavy atom. The first-order valence-corrected chi connectivity index (χ1v) is 8.31. The highest BCUT2D eigenvalue weighted by atomic mass is 16.6. The molecular weight excluding hydrogens is 290 g/mol. The van der Waals surface area contributed by atoms with E-state index in [1.54, 1.807) is 0 Å². The number of nitrogens with two attached hydrogens (primary N) is 1. The average Bonchev–Trinajstić information content (AvgIpc) is 2.45. The van der Waals surface area contributed by atoms with Crippen molar-refractivity contribution in [3.8, 4) is 0 Å². The lowest BCUT2D eigenvalue weighted by atomic mass is 10.1. The van der Waals surface area contributed by atoms with Gasteiger partial charge in [0.1, 0.15) is 5.60 Å². The van der Waals surface area contributed by atoms with Gasteiger partial charge in [-0.15, -0.1) is 0 Å². The summed E-state index contributed by atoms with van der Waals surface area (Å²) < 4.78 is 5.48. The standard InChI is InChI=1S/C18H29N3O2/c1-14-13-20(10-9-15-5-7-16(19)8-6-15)11-12-21(14)17(22)23-18(2,3)4/h5-8,14H,9-13,19H2,1-4H3/t14-/m1/s1. The summed E-state index contributed by atoms with van der Waals surface area (Å²) in [5.41, 5.74) is 7.36. The van der Waals surface area contributed by atoms with E-state index in [9.17, 15) is 4.79 Å². The van der Waals surface area contributed by atoms with Crippen molar-refractivity contribution in [1.29, 1.82) is 0 Å². The Bertz CT molecular complexity index is 522. The molecule has 1 amide bonds. The fraction of sp³-hybridized carbons (Fsp3) is 0.611. The fourth-order valence-electron chi connectivity index (χ4n) is 2.80. The molecule has 1 heterocycles. The van der Waals surface area contributed by atoms with Crippen LogP contribution in [-0.2, 0) is 11.2 Å². The van der Waals surface area contributed by atoms with E-state index in [4.69, 9.17) is 10.5 Å². The van der Waals surface area contributed by atoms with E-state index in [0.717, 1.165) is 38.3 Å². The fourth-order valence-corrected chi connectivity index (χ4v) is 2.80. The van der Waals surface area contributed by atoms with Crippen LogP contribution in [0.15, 0.2) is 24.3 Å². The Balaban J connectivity index is 1.81. The molecule has 0 saturated carbocycles. The minimum atomic E-state index is -0.441. The van der Waals surface area contributed by atoms with E-state index < -0.39 is 5.60 Å². The molecule has 1 fully saturated rings. The van der Waals surface area contributed by atoms with E-state index in [1.165, 1.54) is 5.56 Å². The van der Waals surface area contributed by atoms with Crippen LogP contribution in [0.3, 0.4) is 0 Å². The van der Waals surface area contributed by atoms with Crippen LogP contribution >= 0.6 is 0 Å². The number of amides is 1. The normalized spacial score (nSPS) is 19.7. The number of rotatable bonds is 3. The van der Waals surface area contributed by atoms with Crippen LogP contribution in [0.25, 0.3) is 0 Å². The molecule has 2 N–H and O–H groups in total. The molecule has 5 heteroatoms. The van der Waals surface area contributed by atoms with Crippen molar-refractivity contribution in [3.63, 3.8) is 0 Å². The molecule has 0 bridgehead atoms. The van der Waals surface area contributed by atoms with Crippen molar-refractivity contribution in [2.75, 3.05) is 31.9 Å². The molecule has 0 radical (unpaired) electrons. The first-order chi connectivity index (χ1) is 10.7. The van der Waals surface area contributed by atoms with Crippen LogP contribution < -0.4 is 5.73 Å². The maximum Gasteiger partial charge on any atom is 0.410 e. The minimum absolute atomic E-state index is 0.171. The molecule has 128 valence electrons. The number of carbonyl (C=O) groups is 1.